The van der Waals surface area contributed by atoms with E-state index in [9.17, 15) is 19.0 Å². The molecule has 3 fully saturated rings. The van der Waals surface area contributed by atoms with Crippen molar-refractivity contribution in [1.29, 1.82) is 0 Å². The fraction of sp³-hybridized carbons (Fsp3) is 0.381. The predicted molar refractivity (Wildman–Crippen MR) is 99.1 cm³/mol. The Morgan fingerprint density at radius 2 is 1.71 bits per heavy atom. The number of aliphatic hydroxyl groups is 1. The molecule has 0 amide bonds. The van der Waals surface area contributed by atoms with Crippen LogP contribution < -0.4 is 0 Å². The van der Waals surface area contributed by atoms with Gasteiger partial charge in [0.1, 0.15) is 23.7 Å². The highest BCUT2D eigenvalue weighted by Gasteiger charge is 2.82. The minimum atomic E-state index is -3.81. The van der Waals surface area contributed by atoms with E-state index in [4.69, 9.17) is 0 Å². The summed E-state index contributed by atoms with van der Waals surface area (Å²) < 4.78 is 61.4. The molecule has 0 radical (unpaired) electrons. The Morgan fingerprint density at radius 1 is 1.03 bits per heavy atom. The molecule has 3 saturated carbocycles. The van der Waals surface area contributed by atoms with Crippen LogP contribution in [0.15, 0.2) is 48.8 Å². The molecular formula is C21H18F4N4O2. The van der Waals surface area contributed by atoms with Crippen LogP contribution in [0.1, 0.15) is 30.4 Å². The number of halogens is 4. The van der Waals surface area contributed by atoms with Crippen molar-refractivity contribution in [2.45, 2.75) is 42.7 Å². The molecular weight excluding hydrogens is 416 g/mol. The van der Waals surface area contributed by atoms with Gasteiger partial charge >= 0.3 is 0 Å². The zero-order valence-corrected chi connectivity index (χ0v) is 16.1. The smallest absolute Gasteiger partial charge is 0.287 e. The highest BCUT2D eigenvalue weighted by molar-refractivity contribution is 5.44. The van der Waals surface area contributed by atoms with Crippen LogP contribution in [0.2, 0.25) is 0 Å². The summed E-state index contributed by atoms with van der Waals surface area (Å²) in [6, 6.07) is 8.48. The molecule has 3 aromatic rings. The molecule has 3 aliphatic rings. The van der Waals surface area contributed by atoms with Gasteiger partial charge in [-0.15, -0.1) is 5.10 Å². The molecule has 1 heterocycles. The Balaban J connectivity index is 1.52. The van der Waals surface area contributed by atoms with Crippen LogP contribution >= 0.6 is 0 Å². The Hall–Kier alpha value is -3.01. The quantitative estimate of drug-likeness (QED) is 0.582. The minimum Gasteiger partial charge on any atom is -0.508 e. The Bertz CT molecular complexity index is 1120. The lowest BCUT2D eigenvalue weighted by atomic mass is 9.30. The summed E-state index contributed by atoms with van der Waals surface area (Å²) in [6.45, 7) is -0.846. The van der Waals surface area contributed by atoms with E-state index in [0.717, 1.165) is 22.6 Å². The predicted octanol–water partition coefficient (Wildman–Crippen LogP) is 3.30. The summed E-state index contributed by atoms with van der Waals surface area (Å²) in [7, 11) is 0. The summed E-state index contributed by atoms with van der Waals surface area (Å²) in [5, 5.41) is 31.0. The minimum absolute atomic E-state index is 0.0760. The number of phenolic OH excluding ortho intramolecular Hbond substituents is 1. The third-order valence-electron chi connectivity index (χ3n) is 6.85. The van der Waals surface area contributed by atoms with Gasteiger partial charge < -0.3 is 10.2 Å². The first-order valence-electron chi connectivity index (χ1n) is 9.67. The molecule has 6 nitrogen and oxygen atoms in total. The summed E-state index contributed by atoms with van der Waals surface area (Å²) in [5.74, 6) is -5.82. The molecule has 10 heteroatoms. The van der Waals surface area contributed by atoms with Crippen LogP contribution in [0.5, 0.6) is 5.75 Å². The second-order valence-electron chi connectivity index (χ2n) is 8.70. The van der Waals surface area contributed by atoms with Gasteiger partial charge in [0.25, 0.3) is 5.92 Å². The van der Waals surface area contributed by atoms with Crippen LogP contribution in [0, 0.1) is 17.0 Å². The standard InChI is InChI=1S/C21H18F4N4O2/c22-14-3-6-17(23)16(7-14)20(31,11-29-12-26-27-28-29)21(24,25)19-8-18(9-19,10-19)13-1-4-15(30)5-2-13/h1-7,12,30-31H,8-11H2. The Kier molecular flexibility index (Phi) is 4.02. The number of benzene rings is 2. The maximum absolute atomic E-state index is 16.0. The van der Waals surface area contributed by atoms with Crippen LogP contribution in [0.4, 0.5) is 17.6 Å². The monoisotopic (exact) mass is 434 g/mol. The van der Waals surface area contributed by atoms with Crippen molar-refractivity contribution in [2.75, 3.05) is 0 Å². The van der Waals surface area contributed by atoms with Crippen LogP contribution in [0.25, 0.3) is 0 Å². The molecule has 162 valence electrons. The second-order valence-corrected chi connectivity index (χ2v) is 8.70. The van der Waals surface area contributed by atoms with Gasteiger partial charge in [-0.1, -0.05) is 12.1 Å². The Morgan fingerprint density at radius 3 is 2.32 bits per heavy atom. The van der Waals surface area contributed by atoms with Crippen molar-refractivity contribution in [2.24, 2.45) is 5.41 Å². The van der Waals surface area contributed by atoms with Crippen molar-refractivity contribution in [1.82, 2.24) is 20.2 Å². The van der Waals surface area contributed by atoms with E-state index in [2.05, 4.69) is 15.5 Å². The molecule has 2 bridgehead atoms. The molecule has 2 N–H and O–H groups in total. The zero-order valence-electron chi connectivity index (χ0n) is 16.1. The maximum Gasteiger partial charge on any atom is 0.287 e. The first-order valence-corrected chi connectivity index (χ1v) is 9.67. The number of alkyl halides is 2. The van der Waals surface area contributed by atoms with Gasteiger partial charge in [0.2, 0.25) is 0 Å². The summed E-state index contributed by atoms with van der Waals surface area (Å²) in [4.78, 5) is 0. The highest BCUT2D eigenvalue weighted by atomic mass is 19.3. The Labute approximate surface area is 174 Å². The fourth-order valence-corrected chi connectivity index (χ4v) is 5.34. The van der Waals surface area contributed by atoms with E-state index < -0.39 is 46.1 Å². The van der Waals surface area contributed by atoms with Gasteiger partial charge in [0.15, 0.2) is 5.60 Å². The van der Waals surface area contributed by atoms with E-state index in [1.807, 2.05) is 0 Å². The third-order valence-corrected chi connectivity index (χ3v) is 6.85. The molecule has 0 aliphatic heterocycles. The SMILES string of the molecule is Oc1ccc(C23CC(C(F)(F)C(O)(Cn4cnnn4)c4cc(F)ccc4F)(C2)C3)cc1. The average Bonchev–Trinajstić information content (AvgIpc) is 3.15. The summed E-state index contributed by atoms with van der Waals surface area (Å²) in [5.41, 5.74) is -5.14. The number of aromatic nitrogens is 4. The van der Waals surface area contributed by atoms with Crippen molar-refractivity contribution >= 4 is 0 Å². The molecule has 0 saturated heterocycles. The average molecular weight is 434 g/mol. The summed E-state index contributed by atoms with van der Waals surface area (Å²) in [6.07, 6.45) is 1.25. The maximum atomic E-state index is 16.0. The van der Waals surface area contributed by atoms with Gasteiger partial charge in [-0.05, 0) is 71.0 Å². The molecule has 2 aromatic carbocycles. The van der Waals surface area contributed by atoms with E-state index >= 15 is 8.78 Å². The number of aromatic hydroxyl groups is 1. The molecule has 0 spiro atoms. The lowest BCUT2D eigenvalue weighted by Crippen LogP contribution is -2.76. The van der Waals surface area contributed by atoms with Gasteiger partial charge in [0, 0.05) is 11.0 Å². The molecule has 6 rings (SSSR count). The van der Waals surface area contributed by atoms with E-state index in [1.165, 1.54) is 12.1 Å². The highest BCUT2D eigenvalue weighted by Crippen LogP contribution is 2.80. The zero-order chi connectivity index (χ0) is 22.1. The molecule has 1 atom stereocenters. The van der Waals surface area contributed by atoms with Gasteiger partial charge in [-0.3, -0.25) is 0 Å². The molecule has 3 aliphatic carbocycles. The number of nitrogens with zero attached hydrogens (tertiary/aromatic N) is 4. The summed E-state index contributed by atoms with van der Waals surface area (Å²) >= 11 is 0. The fourth-order valence-electron chi connectivity index (χ4n) is 5.34. The number of tetrazole rings is 1. The van der Waals surface area contributed by atoms with Crippen LogP contribution in [-0.4, -0.2) is 36.3 Å². The largest absolute Gasteiger partial charge is 0.508 e. The van der Waals surface area contributed by atoms with Crippen molar-refractivity contribution in [3.05, 3.63) is 71.6 Å². The van der Waals surface area contributed by atoms with Crippen molar-refractivity contribution in [3.63, 3.8) is 0 Å². The third kappa shape index (κ3) is 2.63. The first-order chi connectivity index (χ1) is 14.6. The lowest BCUT2D eigenvalue weighted by molar-refractivity contribution is -0.347. The molecule has 1 unspecified atom stereocenters. The van der Waals surface area contributed by atoms with E-state index in [-0.39, 0.29) is 25.0 Å². The van der Waals surface area contributed by atoms with Crippen molar-refractivity contribution < 1.29 is 27.8 Å². The van der Waals surface area contributed by atoms with Crippen LogP contribution in [-0.2, 0) is 17.6 Å². The lowest BCUT2D eigenvalue weighted by Gasteiger charge is -2.74. The van der Waals surface area contributed by atoms with E-state index in [1.54, 1.807) is 12.1 Å². The van der Waals surface area contributed by atoms with E-state index in [0.29, 0.717) is 12.1 Å². The van der Waals surface area contributed by atoms with Gasteiger partial charge in [-0.25, -0.2) is 22.2 Å². The van der Waals surface area contributed by atoms with Gasteiger partial charge in [0.05, 0.1) is 6.54 Å². The van der Waals surface area contributed by atoms with Gasteiger partial charge in [-0.2, -0.15) is 0 Å². The first kappa shape index (κ1) is 19.9. The normalized spacial score (nSPS) is 26.6. The number of hydrogen-bond acceptors (Lipinski definition) is 5. The number of phenols is 1. The second kappa shape index (κ2) is 6.25. The number of rotatable bonds is 6. The topological polar surface area (TPSA) is 84.1 Å². The molecule has 1 aromatic heterocycles. The van der Waals surface area contributed by atoms with Crippen LogP contribution in [0.3, 0.4) is 0 Å². The molecule has 31 heavy (non-hydrogen) atoms. The van der Waals surface area contributed by atoms with Crippen molar-refractivity contribution in [3.8, 4) is 5.75 Å². The number of hydrogen-bond donors (Lipinski definition) is 2.